The second kappa shape index (κ2) is 7.40. The smallest absolute Gasteiger partial charge is 0.251 e. The van der Waals surface area contributed by atoms with Crippen LogP contribution in [0.2, 0.25) is 0 Å². The van der Waals surface area contributed by atoms with Crippen LogP contribution in [0, 0.1) is 0 Å². The molecule has 0 spiro atoms. The van der Waals surface area contributed by atoms with E-state index in [4.69, 9.17) is 0 Å². The van der Waals surface area contributed by atoms with Gasteiger partial charge in [0.2, 0.25) is 5.91 Å². The lowest BCUT2D eigenvalue weighted by Crippen LogP contribution is -2.39. The molecule has 0 aliphatic carbocycles. The van der Waals surface area contributed by atoms with Crippen molar-refractivity contribution < 1.29 is 14.7 Å². The zero-order valence-corrected chi connectivity index (χ0v) is 13.1. The van der Waals surface area contributed by atoms with E-state index in [0.29, 0.717) is 5.56 Å². The molecule has 0 aliphatic rings. The van der Waals surface area contributed by atoms with Gasteiger partial charge in [-0.1, -0.05) is 12.1 Å². The normalized spacial score (nSPS) is 11.6. The van der Waals surface area contributed by atoms with Crippen LogP contribution < -0.4 is 5.32 Å². The average Bonchev–Trinajstić information content (AvgIpc) is 2.58. The Labute approximate surface area is 134 Å². The van der Waals surface area contributed by atoms with E-state index in [9.17, 15) is 14.7 Å². The Hall–Kier alpha value is -2.89. The summed E-state index contributed by atoms with van der Waals surface area (Å²) in [4.78, 5) is 29.9. The van der Waals surface area contributed by atoms with Crippen molar-refractivity contribution in [2.24, 2.45) is 0 Å². The van der Waals surface area contributed by atoms with Crippen molar-refractivity contribution in [3.8, 4) is 5.75 Å². The number of likely N-dealkylation sites (N-methyl/N-ethyl adjacent to an activating group) is 1. The van der Waals surface area contributed by atoms with E-state index in [1.165, 1.54) is 17.0 Å². The minimum atomic E-state index is -0.409. The third-order valence-corrected chi connectivity index (χ3v) is 3.60. The van der Waals surface area contributed by atoms with Crippen LogP contribution in [0.5, 0.6) is 5.75 Å². The van der Waals surface area contributed by atoms with Gasteiger partial charge in [-0.2, -0.15) is 0 Å². The highest BCUT2D eigenvalue weighted by molar-refractivity contribution is 5.96. The number of phenols is 1. The predicted molar refractivity (Wildman–Crippen MR) is 85.9 cm³/mol. The number of aromatic nitrogens is 1. The topological polar surface area (TPSA) is 82.5 Å². The van der Waals surface area contributed by atoms with Crippen LogP contribution in [0.3, 0.4) is 0 Å². The standard InChI is InChI=1S/C17H19N3O3/c1-12(15-8-3-4-9-18-15)20(2)16(22)11-19-17(23)13-6-5-7-14(21)10-13/h3-10,12,21H,11H2,1-2H3,(H,19,23)/t12-/m0/s1. The second-order valence-electron chi connectivity index (χ2n) is 5.17. The number of hydrogen-bond acceptors (Lipinski definition) is 4. The maximum Gasteiger partial charge on any atom is 0.251 e. The summed E-state index contributed by atoms with van der Waals surface area (Å²) < 4.78 is 0. The number of benzene rings is 1. The van der Waals surface area contributed by atoms with Crippen LogP contribution in [0.4, 0.5) is 0 Å². The zero-order chi connectivity index (χ0) is 16.8. The number of nitrogens with one attached hydrogen (secondary N) is 1. The predicted octanol–water partition coefficient (Wildman–Crippen LogP) is 1.74. The second-order valence-corrected chi connectivity index (χ2v) is 5.17. The fraction of sp³-hybridized carbons (Fsp3) is 0.235. The Morgan fingerprint density at radius 1 is 1.26 bits per heavy atom. The number of rotatable bonds is 5. The molecule has 120 valence electrons. The molecule has 1 atom stereocenters. The van der Waals surface area contributed by atoms with Crippen molar-refractivity contribution in [2.75, 3.05) is 13.6 Å². The van der Waals surface area contributed by atoms with E-state index in [0.717, 1.165) is 5.69 Å². The Kier molecular flexibility index (Phi) is 5.30. The molecular weight excluding hydrogens is 294 g/mol. The van der Waals surface area contributed by atoms with Crippen LogP contribution >= 0.6 is 0 Å². The van der Waals surface area contributed by atoms with Crippen LogP contribution in [-0.2, 0) is 4.79 Å². The number of carbonyl (C=O) groups excluding carboxylic acids is 2. The quantitative estimate of drug-likeness (QED) is 0.881. The minimum absolute atomic E-state index is 0.00451. The zero-order valence-electron chi connectivity index (χ0n) is 13.1. The molecule has 0 saturated carbocycles. The number of amides is 2. The van der Waals surface area contributed by atoms with Crippen molar-refractivity contribution in [3.05, 3.63) is 59.9 Å². The molecule has 6 heteroatoms. The first-order valence-electron chi connectivity index (χ1n) is 7.23. The molecule has 2 aromatic rings. The highest BCUT2D eigenvalue weighted by Gasteiger charge is 2.19. The van der Waals surface area contributed by atoms with Crippen LogP contribution in [-0.4, -0.2) is 40.4 Å². The molecule has 0 radical (unpaired) electrons. The summed E-state index contributed by atoms with van der Waals surface area (Å²) in [6, 6.07) is 11.3. The lowest BCUT2D eigenvalue weighted by Gasteiger charge is -2.24. The molecule has 0 bridgehead atoms. The van der Waals surface area contributed by atoms with Crippen molar-refractivity contribution in [1.82, 2.24) is 15.2 Å². The molecule has 23 heavy (non-hydrogen) atoms. The third-order valence-electron chi connectivity index (χ3n) is 3.60. The van der Waals surface area contributed by atoms with Gasteiger partial charge in [-0.05, 0) is 37.3 Å². The first kappa shape index (κ1) is 16.5. The van der Waals surface area contributed by atoms with Gasteiger partial charge in [-0.3, -0.25) is 14.6 Å². The number of nitrogens with zero attached hydrogens (tertiary/aromatic N) is 2. The summed E-state index contributed by atoms with van der Waals surface area (Å²) in [7, 11) is 1.67. The molecule has 0 saturated heterocycles. The summed E-state index contributed by atoms with van der Waals surface area (Å²) in [6.45, 7) is 1.75. The summed E-state index contributed by atoms with van der Waals surface area (Å²) >= 11 is 0. The van der Waals surface area contributed by atoms with Crippen LogP contribution in [0.25, 0.3) is 0 Å². The summed E-state index contributed by atoms with van der Waals surface area (Å²) in [5.74, 6) is -0.630. The fourth-order valence-electron chi connectivity index (χ4n) is 2.07. The largest absolute Gasteiger partial charge is 0.508 e. The summed E-state index contributed by atoms with van der Waals surface area (Å²) in [6.07, 6.45) is 1.67. The molecule has 0 fully saturated rings. The Bertz CT molecular complexity index is 688. The van der Waals surface area contributed by atoms with Gasteiger partial charge in [0, 0.05) is 18.8 Å². The third kappa shape index (κ3) is 4.29. The van der Waals surface area contributed by atoms with Crippen LogP contribution in [0.1, 0.15) is 29.0 Å². The van der Waals surface area contributed by atoms with E-state index in [1.54, 1.807) is 25.4 Å². The molecular formula is C17H19N3O3. The van der Waals surface area contributed by atoms with E-state index >= 15 is 0 Å². The number of aromatic hydroxyl groups is 1. The van der Waals surface area contributed by atoms with Crippen molar-refractivity contribution in [2.45, 2.75) is 13.0 Å². The first-order valence-corrected chi connectivity index (χ1v) is 7.23. The lowest BCUT2D eigenvalue weighted by molar-refractivity contribution is -0.130. The van der Waals surface area contributed by atoms with Gasteiger partial charge >= 0.3 is 0 Å². The molecule has 2 amide bonds. The minimum Gasteiger partial charge on any atom is -0.508 e. The molecule has 1 aromatic carbocycles. The maximum absolute atomic E-state index is 12.2. The van der Waals surface area contributed by atoms with Crippen molar-refractivity contribution >= 4 is 11.8 Å². The van der Waals surface area contributed by atoms with E-state index < -0.39 is 5.91 Å². The molecule has 6 nitrogen and oxygen atoms in total. The van der Waals surface area contributed by atoms with Gasteiger partial charge in [-0.15, -0.1) is 0 Å². The van der Waals surface area contributed by atoms with E-state index in [-0.39, 0.29) is 24.2 Å². The Morgan fingerprint density at radius 3 is 2.70 bits per heavy atom. The van der Waals surface area contributed by atoms with Gasteiger partial charge in [0.05, 0.1) is 18.3 Å². The average molecular weight is 313 g/mol. The van der Waals surface area contributed by atoms with E-state index in [2.05, 4.69) is 10.3 Å². The van der Waals surface area contributed by atoms with Crippen molar-refractivity contribution in [1.29, 1.82) is 0 Å². The van der Waals surface area contributed by atoms with Gasteiger partial charge < -0.3 is 15.3 Å². The number of phenolic OH excluding ortho intramolecular Hbond substituents is 1. The first-order chi connectivity index (χ1) is 11.0. The Morgan fingerprint density at radius 2 is 2.04 bits per heavy atom. The summed E-state index contributed by atoms with van der Waals surface area (Å²) in [5.41, 5.74) is 1.08. The molecule has 1 heterocycles. The Balaban J connectivity index is 1.92. The van der Waals surface area contributed by atoms with Crippen molar-refractivity contribution in [3.63, 3.8) is 0 Å². The maximum atomic E-state index is 12.2. The highest BCUT2D eigenvalue weighted by Crippen LogP contribution is 2.15. The fourth-order valence-corrected chi connectivity index (χ4v) is 2.07. The molecule has 2 N–H and O–H groups in total. The molecule has 0 aliphatic heterocycles. The van der Waals surface area contributed by atoms with Gasteiger partial charge in [0.25, 0.3) is 5.91 Å². The van der Waals surface area contributed by atoms with Gasteiger partial charge in [-0.25, -0.2) is 0 Å². The van der Waals surface area contributed by atoms with Gasteiger partial charge in [0.1, 0.15) is 5.75 Å². The van der Waals surface area contributed by atoms with E-state index in [1.807, 2.05) is 25.1 Å². The highest BCUT2D eigenvalue weighted by atomic mass is 16.3. The molecule has 2 rings (SSSR count). The lowest BCUT2D eigenvalue weighted by atomic mass is 10.2. The monoisotopic (exact) mass is 313 g/mol. The molecule has 0 unspecified atom stereocenters. The number of hydrogen-bond donors (Lipinski definition) is 2. The SMILES string of the molecule is C[C@@H](c1ccccn1)N(C)C(=O)CNC(=O)c1cccc(O)c1. The number of carbonyl (C=O) groups is 2. The van der Waals surface area contributed by atoms with Crippen LogP contribution in [0.15, 0.2) is 48.7 Å². The van der Waals surface area contributed by atoms with Gasteiger partial charge in [0.15, 0.2) is 0 Å². The molecule has 1 aromatic heterocycles. The number of pyridine rings is 1. The summed E-state index contributed by atoms with van der Waals surface area (Å²) in [5, 5.41) is 11.9.